The fourth-order valence-electron chi connectivity index (χ4n) is 1.39. The van der Waals surface area contributed by atoms with E-state index in [9.17, 15) is 0 Å². The van der Waals surface area contributed by atoms with Crippen LogP contribution in [0.5, 0.6) is 11.5 Å². The van der Waals surface area contributed by atoms with E-state index in [1.165, 1.54) is 0 Å². The number of hydrogen-bond donors (Lipinski definition) is 0. The van der Waals surface area contributed by atoms with Crippen molar-refractivity contribution in [2.45, 2.75) is 25.5 Å². The Morgan fingerprint density at radius 3 is 2.77 bits per heavy atom. The highest BCUT2D eigenvalue weighted by Gasteiger charge is 2.32. The lowest BCUT2D eigenvalue weighted by molar-refractivity contribution is -0.0434. The Balaban J connectivity index is 2.45. The van der Waals surface area contributed by atoms with E-state index >= 15 is 0 Å². The molecule has 70 valence electrons. The molecule has 0 amide bonds. The summed E-state index contributed by atoms with van der Waals surface area (Å²) in [5.41, 5.74) is 0.977. The van der Waals surface area contributed by atoms with Crippen molar-refractivity contribution in [3.05, 3.63) is 23.8 Å². The van der Waals surface area contributed by atoms with E-state index < -0.39 is 5.79 Å². The lowest BCUT2D eigenvalue weighted by Crippen LogP contribution is -2.29. The average molecular weight is 199 g/mol. The van der Waals surface area contributed by atoms with Crippen LogP contribution >= 0.6 is 11.6 Å². The number of hydrogen-bond acceptors (Lipinski definition) is 2. The molecule has 0 fully saturated rings. The molecule has 0 saturated heterocycles. The standard InChI is InChI=1S/C10H11ClO2/c1-10(2)12-8-5-3-4-7(6-11)9(8)13-10/h3-5H,6H2,1-2H3. The number of alkyl halides is 1. The van der Waals surface area contributed by atoms with Gasteiger partial charge in [0.2, 0.25) is 5.79 Å². The van der Waals surface area contributed by atoms with E-state index in [0.717, 1.165) is 17.1 Å². The first-order valence-corrected chi connectivity index (χ1v) is 4.72. The van der Waals surface area contributed by atoms with Crippen molar-refractivity contribution in [3.8, 4) is 11.5 Å². The van der Waals surface area contributed by atoms with Crippen molar-refractivity contribution < 1.29 is 9.47 Å². The van der Waals surface area contributed by atoms with Gasteiger partial charge in [0.05, 0.1) is 5.88 Å². The summed E-state index contributed by atoms with van der Waals surface area (Å²) in [7, 11) is 0. The minimum absolute atomic E-state index is 0.447. The third-order valence-corrected chi connectivity index (χ3v) is 2.20. The zero-order chi connectivity index (χ0) is 9.47. The summed E-state index contributed by atoms with van der Waals surface area (Å²) in [4.78, 5) is 0. The number of benzene rings is 1. The van der Waals surface area contributed by atoms with Gasteiger partial charge in [-0.3, -0.25) is 0 Å². The van der Waals surface area contributed by atoms with Gasteiger partial charge in [-0.2, -0.15) is 0 Å². The first-order valence-electron chi connectivity index (χ1n) is 4.18. The van der Waals surface area contributed by atoms with E-state index in [1.807, 2.05) is 32.0 Å². The molecule has 13 heavy (non-hydrogen) atoms. The van der Waals surface area contributed by atoms with Crippen LogP contribution in [0, 0.1) is 0 Å². The first-order chi connectivity index (χ1) is 6.12. The van der Waals surface area contributed by atoms with Gasteiger partial charge in [-0.25, -0.2) is 0 Å². The van der Waals surface area contributed by atoms with Gasteiger partial charge < -0.3 is 9.47 Å². The second kappa shape index (κ2) is 2.81. The molecular weight excluding hydrogens is 188 g/mol. The van der Waals surface area contributed by atoms with Gasteiger partial charge in [-0.1, -0.05) is 12.1 Å². The van der Waals surface area contributed by atoms with E-state index in [0.29, 0.717) is 5.88 Å². The molecule has 1 aliphatic heterocycles. The topological polar surface area (TPSA) is 18.5 Å². The minimum atomic E-state index is -0.565. The molecule has 0 atom stereocenters. The highest BCUT2D eigenvalue weighted by atomic mass is 35.5. The second-order valence-electron chi connectivity index (χ2n) is 3.48. The number of ether oxygens (including phenoxy) is 2. The number of halogens is 1. The van der Waals surface area contributed by atoms with Gasteiger partial charge in [0.25, 0.3) is 0 Å². The third-order valence-electron chi connectivity index (χ3n) is 1.91. The smallest absolute Gasteiger partial charge is 0.246 e. The van der Waals surface area contributed by atoms with Crippen LogP contribution in [0.2, 0.25) is 0 Å². The summed E-state index contributed by atoms with van der Waals surface area (Å²) in [5, 5.41) is 0. The van der Waals surface area contributed by atoms with E-state index in [-0.39, 0.29) is 0 Å². The highest BCUT2D eigenvalue weighted by Crippen LogP contribution is 2.41. The minimum Gasteiger partial charge on any atom is -0.449 e. The normalized spacial score (nSPS) is 17.5. The fourth-order valence-corrected chi connectivity index (χ4v) is 1.60. The van der Waals surface area contributed by atoms with Crippen molar-refractivity contribution in [1.29, 1.82) is 0 Å². The molecule has 1 aromatic carbocycles. The highest BCUT2D eigenvalue weighted by molar-refractivity contribution is 6.17. The van der Waals surface area contributed by atoms with Crippen LogP contribution in [0.25, 0.3) is 0 Å². The summed E-state index contributed by atoms with van der Waals surface area (Å²) in [5.74, 6) is 1.44. The van der Waals surface area contributed by atoms with E-state index in [1.54, 1.807) is 0 Å². The Hall–Kier alpha value is -0.890. The zero-order valence-electron chi connectivity index (χ0n) is 7.63. The van der Waals surface area contributed by atoms with Crippen molar-refractivity contribution in [2.75, 3.05) is 0 Å². The molecule has 1 heterocycles. The molecule has 0 aromatic heterocycles. The molecule has 2 nitrogen and oxygen atoms in total. The first kappa shape index (κ1) is 8.70. The number of fused-ring (bicyclic) bond motifs is 1. The van der Waals surface area contributed by atoms with Gasteiger partial charge in [-0.15, -0.1) is 11.6 Å². The van der Waals surface area contributed by atoms with Gasteiger partial charge in [0.1, 0.15) is 0 Å². The van der Waals surface area contributed by atoms with Gasteiger partial charge >= 0.3 is 0 Å². The molecule has 0 saturated carbocycles. The Bertz CT molecular complexity index is 334. The van der Waals surface area contributed by atoms with Crippen molar-refractivity contribution in [1.82, 2.24) is 0 Å². The molecule has 1 aromatic rings. The van der Waals surface area contributed by atoms with E-state index in [2.05, 4.69) is 0 Å². The second-order valence-corrected chi connectivity index (χ2v) is 3.75. The summed E-state index contributed by atoms with van der Waals surface area (Å²) < 4.78 is 11.2. The van der Waals surface area contributed by atoms with Crippen LogP contribution in [-0.2, 0) is 5.88 Å². The van der Waals surface area contributed by atoms with E-state index in [4.69, 9.17) is 21.1 Å². The van der Waals surface area contributed by atoms with Gasteiger partial charge in [0.15, 0.2) is 11.5 Å². The molecule has 0 aliphatic carbocycles. The zero-order valence-corrected chi connectivity index (χ0v) is 8.39. The molecule has 0 N–H and O–H groups in total. The molecule has 1 aliphatic rings. The maximum absolute atomic E-state index is 5.77. The van der Waals surface area contributed by atoms with Crippen LogP contribution in [0.15, 0.2) is 18.2 Å². The van der Waals surface area contributed by atoms with Gasteiger partial charge in [-0.05, 0) is 6.07 Å². The molecule has 0 unspecified atom stereocenters. The molecule has 2 rings (SSSR count). The monoisotopic (exact) mass is 198 g/mol. The van der Waals surface area contributed by atoms with Crippen molar-refractivity contribution in [2.24, 2.45) is 0 Å². The summed E-state index contributed by atoms with van der Waals surface area (Å²) >= 11 is 5.77. The Kier molecular flexibility index (Phi) is 1.88. The SMILES string of the molecule is CC1(C)Oc2cccc(CCl)c2O1. The largest absolute Gasteiger partial charge is 0.449 e. The lowest BCUT2D eigenvalue weighted by atomic mass is 10.2. The predicted octanol–water partition coefficient (Wildman–Crippen LogP) is 2.93. The third kappa shape index (κ3) is 1.46. The number of para-hydroxylation sites is 1. The molecular formula is C10H11ClO2. The maximum Gasteiger partial charge on any atom is 0.246 e. The Labute approximate surface area is 82.4 Å². The van der Waals surface area contributed by atoms with Crippen molar-refractivity contribution in [3.63, 3.8) is 0 Å². The van der Waals surface area contributed by atoms with Crippen LogP contribution in [0.1, 0.15) is 19.4 Å². The Morgan fingerprint density at radius 1 is 1.31 bits per heavy atom. The predicted molar refractivity (Wildman–Crippen MR) is 51.3 cm³/mol. The van der Waals surface area contributed by atoms with Gasteiger partial charge in [0, 0.05) is 19.4 Å². The Morgan fingerprint density at radius 2 is 2.08 bits per heavy atom. The fraction of sp³-hybridized carbons (Fsp3) is 0.400. The van der Waals surface area contributed by atoms with Crippen LogP contribution in [0.3, 0.4) is 0 Å². The maximum atomic E-state index is 5.77. The van der Waals surface area contributed by atoms with Crippen molar-refractivity contribution >= 4 is 11.6 Å². The van der Waals surface area contributed by atoms with Crippen LogP contribution in [-0.4, -0.2) is 5.79 Å². The molecule has 3 heteroatoms. The van der Waals surface area contributed by atoms with Crippen LogP contribution in [0.4, 0.5) is 0 Å². The number of rotatable bonds is 1. The molecule has 0 bridgehead atoms. The summed E-state index contributed by atoms with van der Waals surface area (Å²) in [6.45, 7) is 3.76. The average Bonchev–Trinajstić information content (AvgIpc) is 2.37. The molecule has 0 spiro atoms. The quantitative estimate of drug-likeness (QED) is 0.646. The lowest BCUT2D eigenvalue weighted by Gasteiger charge is -2.16. The molecule has 0 radical (unpaired) electrons. The summed E-state index contributed by atoms with van der Waals surface area (Å²) in [6, 6.07) is 5.75. The summed E-state index contributed by atoms with van der Waals surface area (Å²) in [6.07, 6.45) is 0. The van der Waals surface area contributed by atoms with Crippen LogP contribution < -0.4 is 9.47 Å².